The summed E-state index contributed by atoms with van der Waals surface area (Å²) in [5, 5.41) is 20.7. The van der Waals surface area contributed by atoms with Crippen molar-refractivity contribution >= 4 is 20.0 Å². The minimum absolute atomic E-state index is 0.143. The van der Waals surface area contributed by atoms with Crippen LogP contribution in [0.4, 0.5) is 4.39 Å². The summed E-state index contributed by atoms with van der Waals surface area (Å²) in [5.41, 5.74) is 1.42. The van der Waals surface area contributed by atoms with Crippen molar-refractivity contribution in [2.75, 3.05) is 6.56 Å². The zero-order valence-electron chi connectivity index (χ0n) is 18.3. The molecule has 1 fully saturated rings. The van der Waals surface area contributed by atoms with Crippen molar-refractivity contribution in [3.63, 3.8) is 0 Å². The summed E-state index contributed by atoms with van der Waals surface area (Å²) in [7, 11) is -4.72. The van der Waals surface area contributed by atoms with E-state index in [1.54, 1.807) is 19.1 Å². The van der Waals surface area contributed by atoms with E-state index in [0.29, 0.717) is 11.1 Å². The summed E-state index contributed by atoms with van der Waals surface area (Å²) >= 11 is 4.95. The van der Waals surface area contributed by atoms with Crippen LogP contribution >= 0.6 is 20.0 Å². The molecule has 0 spiro atoms. The molecule has 2 aromatic rings. The van der Waals surface area contributed by atoms with Gasteiger partial charge in [0.1, 0.15) is 24.5 Å². The summed E-state index contributed by atoms with van der Waals surface area (Å²) in [5.74, 6) is -3.58. The van der Waals surface area contributed by atoms with Gasteiger partial charge >= 0.3 is 7.82 Å². The summed E-state index contributed by atoms with van der Waals surface area (Å²) in [6, 6.07) is 4.46. The molecule has 0 radical (unpaired) electrons. The maximum atomic E-state index is 15.8. The highest BCUT2D eigenvalue weighted by atomic mass is 32.1. The SMILES string of the molecule is [2H]C([2H])(OP1(=O)OCc2cc(C)cc(C)c2O1)[C@@]1(F)O[C@@H](n2ccc(=O)[nH]c2=S)[C@H](O)[C@@H]1O. The number of hydrogen-bond acceptors (Lipinski definition) is 9. The van der Waals surface area contributed by atoms with Gasteiger partial charge in [-0.05, 0) is 31.6 Å². The van der Waals surface area contributed by atoms with E-state index in [-0.39, 0.29) is 17.1 Å². The number of fused-ring (bicyclic) bond motifs is 1. The first-order chi connectivity index (χ1) is 15.3. The highest BCUT2D eigenvalue weighted by Crippen LogP contribution is 2.56. The third-order valence-electron chi connectivity index (χ3n) is 4.79. The van der Waals surface area contributed by atoms with Crippen LogP contribution < -0.4 is 10.1 Å². The minimum atomic E-state index is -4.72. The number of ether oxygens (including phenoxy) is 1. The Morgan fingerprint density at radius 3 is 2.94 bits per heavy atom. The number of halogens is 1. The predicted molar refractivity (Wildman–Crippen MR) is 107 cm³/mol. The van der Waals surface area contributed by atoms with Gasteiger partial charge in [-0.3, -0.25) is 23.4 Å². The molecular formula is C18H20FN2O8PS. The molecule has 1 aromatic carbocycles. The van der Waals surface area contributed by atoms with E-state index in [4.69, 9.17) is 33.3 Å². The van der Waals surface area contributed by atoms with Gasteiger partial charge in [-0.15, -0.1) is 0 Å². The lowest BCUT2D eigenvalue weighted by molar-refractivity contribution is -0.205. The second-order valence-electron chi connectivity index (χ2n) is 7.18. The first-order valence-corrected chi connectivity index (χ1v) is 10.9. The first-order valence-electron chi connectivity index (χ1n) is 10.1. The average Bonchev–Trinajstić information content (AvgIpc) is 2.94. The number of aliphatic hydroxyl groups excluding tert-OH is 2. The number of aliphatic hydroxyl groups is 2. The molecule has 10 nitrogen and oxygen atoms in total. The number of benzene rings is 1. The summed E-state index contributed by atoms with van der Waals surface area (Å²) in [6.07, 6.45) is -5.21. The number of aromatic nitrogens is 2. The summed E-state index contributed by atoms with van der Waals surface area (Å²) < 4.78 is 65.8. The quantitative estimate of drug-likeness (QED) is 0.449. The zero-order valence-corrected chi connectivity index (χ0v) is 18.0. The van der Waals surface area contributed by atoms with Crippen LogP contribution in [0.3, 0.4) is 0 Å². The summed E-state index contributed by atoms with van der Waals surface area (Å²) in [4.78, 5) is 13.6. The molecule has 1 unspecified atom stereocenters. The first kappa shape index (κ1) is 19.7. The van der Waals surface area contributed by atoms with Crippen molar-refractivity contribution in [3.05, 3.63) is 56.2 Å². The minimum Gasteiger partial charge on any atom is -0.403 e. The Balaban J connectivity index is 1.63. The number of nitrogens with one attached hydrogen (secondary N) is 1. The highest BCUT2D eigenvalue weighted by Gasteiger charge is 2.57. The van der Waals surface area contributed by atoms with Crippen molar-refractivity contribution in [2.45, 2.75) is 44.7 Å². The van der Waals surface area contributed by atoms with Crippen LogP contribution in [0.25, 0.3) is 0 Å². The second kappa shape index (κ2) is 7.89. The molecule has 13 heteroatoms. The van der Waals surface area contributed by atoms with Gasteiger partial charge in [0, 0.05) is 17.8 Å². The van der Waals surface area contributed by atoms with E-state index < -0.39 is 44.2 Å². The van der Waals surface area contributed by atoms with Gasteiger partial charge in [0.15, 0.2) is 11.0 Å². The van der Waals surface area contributed by atoms with Gasteiger partial charge in [-0.2, -0.15) is 0 Å². The third kappa shape index (κ3) is 4.12. The molecule has 1 aromatic heterocycles. The Bertz CT molecular complexity index is 1270. The Hall–Kier alpha value is -1.92. The Morgan fingerprint density at radius 1 is 1.48 bits per heavy atom. The topological polar surface area (TPSA) is 132 Å². The van der Waals surface area contributed by atoms with Crippen LogP contribution in [-0.4, -0.2) is 44.4 Å². The van der Waals surface area contributed by atoms with Crippen molar-refractivity contribution in [1.29, 1.82) is 0 Å². The molecule has 5 atom stereocenters. The number of H-pyrrole nitrogens is 1. The Labute approximate surface area is 183 Å². The van der Waals surface area contributed by atoms with Crippen LogP contribution in [0.1, 0.15) is 25.7 Å². The van der Waals surface area contributed by atoms with Crippen LogP contribution in [-0.2, 0) is 25.0 Å². The number of nitrogens with zero attached hydrogens (tertiary/aromatic N) is 1. The molecule has 168 valence electrons. The highest BCUT2D eigenvalue weighted by molar-refractivity contribution is 7.71. The molecule has 0 aliphatic carbocycles. The van der Waals surface area contributed by atoms with Gasteiger partial charge in [-0.1, -0.05) is 17.7 Å². The molecule has 3 heterocycles. The van der Waals surface area contributed by atoms with E-state index in [1.165, 1.54) is 0 Å². The molecule has 0 amide bonds. The number of phosphoric ester groups is 1. The lowest BCUT2D eigenvalue weighted by atomic mass is 10.1. The molecular weight excluding hydrogens is 454 g/mol. The molecule has 2 aliphatic heterocycles. The predicted octanol–water partition coefficient (Wildman–Crippen LogP) is 2.17. The largest absolute Gasteiger partial charge is 0.530 e. The van der Waals surface area contributed by atoms with Crippen molar-refractivity contribution in [3.8, 4) is 5.75 Å². The fourth-order valence-electron chi connectivity index (χ4n) is 3.35. The molecule has 4 rings (SSSR count). The monoisotopic (exact) mass is 476 g/mol. The standard InChI is InChI=1S/C18H20FN2O8PS/c1-9-5-10(2)14-11(6-9)7-26-30(25,29-14)27-8-18(19)15(24)13(23)16(28-18)21-4-3-12(22)20-17(21)31/h3-6,13,15-16,23-24H,7-8H2,1-2H3,(H,20,22,31)/t13-,15+,16-,18-,30?/m1/s1/i8D2. The maximum absolute atomic E-state index is 15.8. The second-order valence-corrected chi connectivity index (χ2v) is 9.09. The van der Waals surface area contributed by atoms with E-state index in [9.17, 15) is 19.6 Å². The zero-order chi connectivity index (χ0) is 24.3. The van der Waals surface area contributed by atoms with Crippen LogP contribution in [0, 0.1) is 18.6 Å². The number of aryl methyl sites for hydroxylation is 2. The van der Waals surface area contributed by atoms with E-state index in [2.05, 4.69) is 4.98 Å². The van der Waals surface area contributed by atoms with Gasteiger partial charge in [-0.25, -0.2) is 8.96 Å². The number of hydrogen-bond donors (Lipinski definition) is 3. The van der Waals surface area contributed by atoms with Crippen molar-refractivity contribution in [1.82, 2.24) is 9.55 Å². The molecule has 3 N–H and O–H groups in total. The number of rotatable bonds is 4. The van der Waals surface area contributed by atoms with Gasteiger partial charge in [0.25, 0.3) is 11.4 Å². The van der Waals surface area contributed by atoms with Crippen LogP contribution in [0.15, 0.2) is 29.2 Å². The fourth-order valence-corrected chi connectivity index (χ4v) is 4.78. The fraction of sp³-hybridized carbons (Fsp3) is 0.444. The van der Waals surface area contributed by atoms with Crippen LogP contribution in [0.5, 0.6) is 5.75 Å². The van der Waals surface area contributed by atoms with E-state index in [1.807, 2.05) is 6.92 Å². The lowest BCUT2D eigenvalue weighted by Crippen LogP contribution is -2.43. The Morgan fingerprint density at radius 2 is 2.23 bits per heavy atom. The van der Waals surface area contributed by atoms with Gasteiger partial charge < -0.3 is 19.5 Å². The average molecular weight is 476 g/mol. The van der Waals surface area contributed by atoms with Gasteiger partial charge in [0.2, 0.25) is 0 Å². The lowest BCUT2D eigenvalue weighted by Gasteiger charge is -2.29. The molecule has 0 saturated carbocycles. The summed E-state index contributed by atoms with van der Waals surface area (Å²) in [6.45, 7) is -0.381. The third-order valence-corrected chi connectivity index (χ3v) is 6.27. The van der Waals surface area contributed by atoms with Gasteiger partial charge in [0.05, 0.1) is 9.35 Å². The smallest absolute Gasteiger partial charge is 0.403 e. The molecule has 1 saturated heterocycles. The van der Waals surface area contributed by atoms with E-state index in [0.717, 1.165) is 22.4 Å². The molecule has 0 bridgehead atoms. The van der Waals surface area contributed by atoms with Crippen molar-refractivity contribution in [2.24, 2.45) is 0 Å². The molecule has 31 heavy (non-hydrogen) atoms. The number of alkyl halides is 1. The Kier molecular flexibility index (Phi) is 5.03. The normalized spacial score (nSPS) is 33.9. The number of aromatic amines is 1. The molecule has 2 aliphatic rings. The van der Waals surface area contributed by atoms with E-state index >= 15 is 4.39 Å². The maximum Gasteiger partial charge on any atom is 0.530 e. The van der Waals surface area contributed by atoms with Crippen LogP contribution in [0.2, 0.25) is 0 Å². The number of phosphoric acid groups is 1. The van der Waals surface area contributed by atoms with Crippen molar-refractivity contribution < 1.29 is 40.2 Å².